The number of ketones is 1. The van der Waals surface area contributed by atoms with Gasteiger partial charge in [-0.3, -0.25) is 4.79 Å². The van der Waals surface area contributed by atoms with Crippen LogP contribution in [0.4, 0.5) is 0 Å². The first-order valence-electron chi connectivity index (χ1n) is 11.3. The first-order valence-corrected chi connectivity index (χ1v) is 11.3. The maximum atomic E-state index is 10.8. The molecule has 0 atom stereocenters. The summed E-state index contributed by atoms with van der Waals surface area (Å²) in [6.07, 6.45) is 17.9. The third-order valence-corrected chi connectivity index (χ3v) is 5.12. The zero-order valence-corrected chi connectivity index (χ0v) is 18.2. The van der Waals surface area contributed by atoms with Gasteiger partial charge in [0.25, 0.3) is 0 Å². The molecule has 0 N–H and O–H groups in total. The lowest BCUT2D eigenvalue weighted by Crippen LogP contribution is -2.33. The number of Topliss-reactive ketones (excluding diaryl/α,β-unsaturated/α-hetero) is 1. The van der Waals surface area contributed by atoms with Gasteiger partial charge < -0.3 is 9.80 Å². The van der Waals surface area contributed by atoms with Gasteiger partial charge in [0.15, 0.2) is 0 Å². The third kappa shape index (κ3) is 19.9. The number of carbonyl (C=O) groups excluding carboxylic acids is 1. The van der Waals surface area contributed by atoms with Crippen LogP contribution in [0.5, 0.6) is 0 Å². The van der Waals surface area contributed by atoms with Gasteiger partial charge in [-0.1, -0.05) is 71.1 Å². The van der Waals surface area contributed by atoms with Crippen molar-refractivity contribution in [2.24, 2.45) is 0 Å². The number of likely N-dealkylation sites (N-methyl/N-ethyl adjacent to an activating group) is 1. The van der Waals surface area contributed by atoms with Crippen LogP contribution >= 0.6 is 0 Å². The number of hydrogen-bond donors (Lipinski definition) is 0. The summed E-state index contributed by atoms with van der Waals surface area (Å²) in [7, 11) is 4.33. The van der Waals surface area contributed by atoms with Crippen LogP contribution in [0.1, 0.15) is 96.8 Å². The van der Waals surface area contributed by atoms with E-state index in [1.807, 2.05) is 0 Å². The van der Waals surface area contributed by atoms with E-state index in [2.05, 4.69) is 37.7 Å². The number of rotatable bonds is 20. The lowest BCUT2D eigenvalue weighted by molar-refractivity contribution is -0.114. The molecule has 0 spiro atoms. The molecule has 0 aromatic carbocycles. The van der Waals surface area contributed by atoms with Gasteiger partial charge in [0.2, 0.25) is 0 Å². The number of nitrogens with zero attached hydrogens (tertiary/aromatic N) is 2. The first-order chi connectivity index (χ1) is 12.6. The lowest BCUT2D eigenvalue weighted by Gasteiger charge is -2.24. The average molecular weight is 368 g/mol. The Morgan fingerprint density at radius 1 is 0.654 bits per heavy atom. The summed E-state index contributed by atoms with van der Waals surface area (Å²) in [5.41, 5.74) is 0. The fourth-order valence-corrected chi connectivity index (χ4v) is 3.33. The maximum Gasteiger partial charge on any atom is 0.133 e. The second kappa shape index (κ2) is 19.4. The highest BCUT2D eigenvalue weighted by Gasteiger charge is 2.05. The number of carbonyl (C=O) groups is 1. The summed E-state index contributed by atoms with van der Waals surface area (Å²) in [5, 5.41) is 0. The summed E-state index contributed by atoms with van der Waals surface area (Å²) in [6, 6.07) is 0. The second-order valence-electron chi connectivity index (χ2n) is 8.18. The Morgan fingerprint density at radius 2 is 1.12 bits per heavy atom. The molecule has 0 unspecified atom stereocenters. The number of unbranched alkanes of at least 4 members (excludes halogenated alkanes) is 11. The highest BCUT2D eigenvalue weighted by atomic mass is 16.1. The van der Waals surface area contributed by atoms with Crippen molar-refractivity contribution in [1.82, 2.24) is 9.80 Å². The van der Waals surface area contributed by atoms with Crippen LogP contribution in [0.15, 0.2) is 0 Å². The minimum absolute atomic E-state index is 0.0882. The predicted molar refractivity (Wildman–Crippen MR) is 116 cm³/mol. The van der Waals surface area contributed by atoms with Gasteiger partial charge in [-0.25, -0.2) is 0 Å². The maximum absolute atomic E-state index is 10.8. The summed E-state index contributed by atoms with van der Waals surface area (Å²) in [6.45, 7) is 10.6. The van der Waals surface area contributed by atoms with Gasteiger partial charge in [-0.05, 0) is 46.4 Å². The van der Waals surface area contributed by atoms with Crippen molar-refractivity contribution >= 4 is 5.78 Å². The molecule has 3 heteroatoms. The van der Waals surface area contributed by atoms with Gasteiger partial charge in [0.1, 0.15) is 5.78 Å². The quantitative estimate of drug-likeness (QED) is 0.257. The van der Waals surface area contributed by atoms with Crippen LogP contribution < -0.4 is 0 Å². The molecule has 0 aromatic rings. The van der Waals surface area contributed by atoms with Crippen LogP contribution in [0.3, 0.4) is 0 Å². The topological polar surface area (TPSA) is 23.6 Å². The van der Waals surface area contributed by atoms with E-state index in [0.717, 1.165) is 13.0 Å². The minimum atomic E-state index is 0.0882. The number of hydrogen-bond acceptors (Lipinski definition) is 3. The van der Waals surface area contributed by atoms with E-state index in [-0.39, 0.29) is 5.78 Å². The molecule has 3 nitrogen and oxygen atoms in total. The van der Waals surface area contributed by atoms with Gasteiger partial charge >= 0.3 is 0 Å². The summed E-state index contributed by atoms with van der Waals surface area (Å²) < 4.78 is 0. The SMILES string of the molecule is [CH2]C(=O)CCCCCCCN(CCCCCCCCCC)CCN(C)C. The van der Waals surface area contributed by atoms with E-state index in [1.165, 1.54) is 96.7 Å². The Morgan fingerprint density at radius 3 is 1.58 bits per heavy atom. The Kier molecular flexibility index (Phi) is 19.0. The molecule has 0 fully saturated rings. The van der Waals surface area contributed by atoms with Gasteiger partial charge in [0.05, 0.1) is 0 Å². The van der Waals surface area contributed by atoms with Crippen molar-refractivity contribution < 1.29 is 4.79 Å². The largest absolute Gasteiger partial charge is 0.308 e. The second-order valence-corrected chi connectivity index (χ2v) is 8.18. The standard InChI is InChI=1S/C23H47N2O/c1-5-6-7-8-9-10-13-16-19-25(22-21-24(3)4)20-17-14-11-12-15-18-23(2)26/h2,5-22H2,1,3-4H3. The molecule has 0 heterocycles. The molecule has 0 rings (SSSR count). The molecule has 155 valence electrons. The molecule has 0 bridgehead atoms. The van der Waals surface area contributed by atoms with Crippen molar-refractivity contribution in [3.8, 4) is 0 Å². The lowest BCUT2D eigenvalue weighted by atomic mass is 10.1. The Labute approximate surface area is 164 Å². The molecular weight excluding hydrogens is 320 g/mol. The Balaban J connectivity index is 3.71. The van der Waals surface area contributed by atoms with Gasteiger partial charge in [-0.15, -0.1) is 0 Å². The molecule has 0 aliphatic heterocycles. The van der Waals surface area contributed by atoms with Crippen LogP contribution in [0.2, 0.25) is 0 Å². The Bertz CT molecular complexity index is 305. The molecule has 0 saturated heterocycles. The van der Waals surface area contributed by atoms with Crippen LogP contribution in [0, 0.1) is 6.92 Å². The molecule has 0 aromatic heterocycles. The molecule has 0 amide bonds. The molecule has 0 saturated carbocycles. The zero-order valence-electron chi connectivity index (χ0n) is 18.2. The van der Waals surface area contributed by atoms with E-state index in [4.69, 9.17) is 0 Å². The first kappa shape index (κ1) is 25.6. The average Bonchev–Trinajstić information content (AvgIpc) is 2.59. The molecule has 1 radical (unpaired) electrons. The van der Waals surface area contributed by atoms with E-state index in [9.17, 15) is 4.79 Å². The normalized spacial score (nSPS) is 11.6. The molecule has 26 heavy (non-hydrogen) atoms. The molecule has 0 aliphatic rings. The minimum Gasteiger partial charge on any atom is -0.308 e. The van der Waals surface area contributed by atoms with Crippen LogP contribution in [-0.2, 0) is 4.79 Å². The predicted octanol–water partition coefficient (Wildman–Crippen LogP) is 5.73. The highest BCUT2D eigenvalue weighted by molar-refractivity contribution is 5.82. The van der Waals surface area contributed by atoms with Crippen LogP contribution in [0.25, 0.3) is 0 Å². The van der Waals surface area contributed by atoms with E-state index in [0.29, 0.717) is 6.42 Å². The van der Waals surface area contributed by atoms with Crippen molar-refractivity contribution in [2.75, 3.05) is 40.3 Å². The van der Waals surface area contributed by atoms with Crippen molar-refractivity contribution in [2.45, 2.75) is 96.8 Å². The van der Waals surface area contributed by atoms with E-state index < -0.39 is 0 Å². The smallest absolute Gasteiger partial charge is 0.133 e. The fourth-order valence-electron chi connectivity index (χ4n) is 3.33. The Hall–Kier alpha value is -0.410. The summed E-state index contributed by atoms with van der Waals surface area (Å²) in [4.78, 5) is 15.8. The van der Waals surface area contributed by atoms with Crippen molar-refractivity contribution in [1.29, 1.82) is 0 Å². The fraction of sp³-hybridized carbons (Fsp3) is 0.913. The summed E-state index contributed by atoms with van der Waals surface area (Å²) >= 11 is 0. The van der Waals surface area contributed by atoms with Crippen molar-refractivity contribution in [3.05, 3.63) is 6.92 Å². The van der Waals surface area contributed by atoms with E-state index >= 15 is 0 Å². The van der Waals surface area contributed by atoms with Gasteiger partial charge in [0, 0.05) is 26.4 Å². The molecular formula is C23H47N2O. The highest BCUT2D eigenvalue weighted by Crippen LogP contribution is 2.10. The van der Waals surface area contributed by atoms with Crippen LogP contribution in [-0.4, -0.2) is 55.9 Å². The molecule has 0 aliphatic carbocycles. The summed E-state index contributed by atoms with van der Waals surface area (Å²) in [5.74, 6) is 0.0882. The van der Waals surface area contributed by atoms with Crippen molar-refractivity contribution in [3.63, 3.8) is 0 Å². The zero-order chi connectivity index (χ0) is 19.5. The van der Waals surface area contributed by atoms with Gasteiger partial charge in [-0.2, -0.15) is 0 Å². The third-order valence-electron chi connectivity index (χ3n) is 5.12. The van der Waals surface area contributed by atoms with E-state index in [1.54, 1.807) is 0 Å². The monoisotopic (exact) mass is 367 g/mol.